The van der Waals surface area contributed by atoms with Gasteiger partial charge in [0.05, 0.1) is 7.11 Å². The fourth-order valence-corrected chi connectivity index (χ4v) is 7.26. The lowest BCUT2D eigenvalue weighted by Crippen LogP contribution is -2.51. The molecule has 0 aliphatic heterocycles. The van der Waals surface area contributed by atoms with Crippen LogP contribution in [0.3, 0.4) is 0 Å². The van der Waals surface area contributed by atoms with Gasteiger partial charge in [-0.25, -0.2) is 4.79 Å². The Morgan fingerprint density at radius 1 is 1.07 bits per heavy atom. The molecule has 6 unspecified atom stereocenters. The second-order valence-electron chi connectivity index (χ2n) is 12.9. The summed E-state index contributed by atoms with van der Waals surface area (Å²) in [6, 6.07) is 11.2. The Morgan fingerprint density at radius 2 is 1.87 bits per heavy atom. The van der Waals surface area contributed by atoms with Crippen molar-refractivity contribution in [1.82, 2.24) is 20.2 Å². The van der Waals surface area contributed by atoms with Crippen molar-refractivity contribution in [3.8, 4) is 0 Å². The normalized spacial score (nSPS) is 23.1. The number of esters is 1. The highest BCUT2D eigenvalue weighted by Gasteiger charge is 2.40. The maximum atomic E-state index is 13.5. The second kappa shape index (κ2) is 14.6. The summed E-state index contributed by atoms with van der Waals surface area (Å²) in [6.07, 6.45) is 9.34. The Bertz CT molecular complexity index is 1640. The Hall–Kier alpha value is -4.67. The van der Waals surface area contributed by atoms with E-state index in [9.17, 15) is 24.0 Å². The van der Waals surface area contributed by atoms with E-state index in [1.807, 2.05) is 24.3 Å². The van der Waals surface area contributed by atoms with Gasteiger partial charge >= 0.3 is 5.97 Å². The molecule has 0 radical (unpaired) electrons. The van der Waals surface area contributed by atoms with E-state index in [2.05, 4.69) is 39.5 Å². The number of nitrogens with zero attached hydrogens (tertiary/aromatic N) is 1. The van der Waals surface area contributed by atoms with Crippen LogP contribution in [0, 0.1) is 23.7 Å². The molecule has 2 aromatic heterocycles. The fourth-order valence-electron chi connectivity index (χ4n) is 7.26. The summed E-state index contributed by atoms with van der Waals surface area (Å²) in [5.74, 6) is 0.327. The van der Waals surface area contributed by atoms with Crippen molar-refractivity contribution in [2.75, 3.05) is 12.4 Å². The van der Waals surface area contributed by atoms with E-state index in [4.69, 9.17) is 0 Å². The molecule has 11 heteroatoms. The minimum absolute atomic E-state index is 0.00903. The van der Waals surface area contributed by atoms with Crippen molar-refractivity contribution in [2.45, 2.75) is 71.0 Å². The van der Waals surface area contributed by atoms with Gasteiger partial charge in [-0.15, -0.1) is 0 Å². The second-order valence-corrected chi connectivity index (χ2v) is 12.9. The van der Waals surface area contributed by atoms with E-state index in [-0.39, 0.29) is 42.7 Å². The molecular formula is C35H43N5O6. The van der Waals surface area contributed by atoms with Gasteiger partial charge < -0.3 is 30.2 Å². The van der Waals surface area contributed by atoms with E-state index in [0.29, 0.717) is 17.8 Å². The van der Waals surface area contributed by atoms with Gasteiger partial charge in [0.25, 0.3) is 11.5 Å². The van der Waals surface area contributed by atoms with Crippen LogP contribution >= 0.6 is 0 Å². The van der Waals surface area contributed by atoms with Gasteiger partial charge in [0.1, 0.15) is 24.0 Å². The zero-order valence-corrected chi connectivity index (χ0v) is 26.6. The number of H-pyrrole nitrogens is 1. The van der Waals surface area contributed by atoms with Crippen LogP contribution in [0.25, 0.3) is 10.9 Å². The van der Waals surface area contributed by atoms with Crippen molar-refractivity contribution >= 4 is 40.3 Å². The van der Waals surface area contributed by atoms with Crippen LogP contribution in [0.1, 0.15) is 62.9 Å². The average molecular weight is 630 g/mol. The van der Waals surface area contributed by atoms with E-state index in [1.165, 1.54) is 36.4 Å². The molecule has 0 spiro atoms. The maximum Gasteiger partial charge on any atom is 0.330 e. The fraction of sp³-hybridized carbons (Fsp3) is 0.457. The number of ether oxygens (including phenoxy) is 1. The van der Waals surface area contributed by atoms with Crippen LogP contribution in [-0.2, 0) is 25.7 Å². The molecule has 2 bridgehead atoms. The van der Waals surface area contributed by atoms with Crippen LogP contribution in [0.5, 0.6) is 0 Å². The highest BCUT2D eigenvalue weighted by atomic mass is 16.5. The third-order valence-corrected chi connectivity index (χ3v) is 9.30. The zero-order valence-electron chi connectivity index (χ0n) is 26.6. The number of carbonyl (C=O) groups is 4. The molecule has 46 heavy (non-hydrogen) atoms. The van der Waals surface area contributed by atoms with Gasteiger partial charge in [0, 0.05) is 29.2 Å². The Balaban J connectivity index is 1.26. The number of amides is 3. The first kappa shape index (κ1) is 32.7. The number of anilines is 1. The summed E-state index contributed by atoms with van der Waals surface area (Å²) in [7, 11) is 1.27. The Labute approximate surface area is 268 Å². The van der Waals surface area contributed by atoms with E-state index in [0.717, 1.165) is 36.1 Å². The SMILES string of the molecule is COC(=O)/C=C/CCC(NC(=O)c1cc2ccccc2[nH]1)C(=O)Nc1cccn(CC(=O)NC2C(C)CC3CC(C)CC2C3)c1=O. The predicted octanol–water partition coefficient (Wildman–Crippen LogP) is 4.15. The highest BCUT2D eigenvalue weighted by molar-refractivity contribution is 6.02. The number of pyridine rings is 1. The molecule has 1 aromatic carbocycles. The maximum absolute atomic E-state index is 13.5. The lowest BCUT2D eigenvalue weighted by molar-refractivity contribution is -0.134. The Kier molecular flexibility index (Phi) is 10.4. The van der Waals surface area contributed by atoms with Crippen LogP contribution in [0.2, 0.25) is 0 Å². The van der Waals surface area contributed by atoms with E-state index in [1.54, 1.807) is 18.2 Å². The minimum atomic E-state index is -1.04. The minimum Gasteiger partial charge on any atom is -0.466 e. The number of fused-ring (bicyclic) bond motifs is 3. The van der Waals surface area contributed by atoms with Crippen LogP contribution in [0.4, 0.5) is 5.69 Å². The summed E-state index contributed by atoms with van der Waals surface area (Å²) in [4.78, 5) is 67.7. The van der Waals surface area contributed by atoms with Crippen molar-refractivity contribution < 1.29 is 23.9 Å². The number of aromatic amines is 1. The highest BCUT2D eigenvalue weighted by Crippen LogP contribution is 2.44. The first-order valence-electron chi connectivity index (χ1n) is 16.0. The molecule has 2 fully saturated rings. The van der Waals surface area contributed by atoms with Crippen LogP contribution in [0.15, 0.2) is 65.6 Å². The quantitative estimate of drug-likeness (QED) is 0.185. The van der Waals surface area contributed by atoms with Crippen LogP contribution < -0.4 is 21.5 Å². The first-order valence-corrected chi connectivity index (χ1v) is 16.0. The molecule has 2 aliphatic rings. The lowest BCUT2D eigenvalue weighted by Gasteiger charge is -2.46. The number of allylic oxidation sites excluding steroid dienone is 1. The molecule has 0 saturated heterocycles. The molecule has 244 valence electrons. The third kappa shape index (κ3) is 7.94. The number of benzene rings is 1. The molecule has 11 nitrogen and oxygen atoms in total. The Morgan fingerprint density at radius 3 is 2.65 bits per heavy atom. The summed E-state index contributed by atoms with van der Waals surface area (Å²) in [6.45, 7) is 4.31. The van der Waals surface area contributed by atoms with Gasteiger partial charge in [-0.2, -0.15) is 0 Å². The summed E-state index contributed by atoms with van der Waals surface area (Å²) in [5.41, 5.74) is 0.521. The van der Waals surface area contributed by atoms with E-state index < -0.39 is 29.4 Å². The van der Waals surface area contributed by atoms with E-state index >= 15 is 0 Å². The topological polar surface area (TPSA) is 151 Å². The number of aromatic nitrogens is 2. The van der Waals surface area contributed by atoms with Gasteiger partial charge in [-0.1, -0.05) is 38.1 Å². The van der Waals surface area contributed by atoms with Crippen molar-refractivity contribution in [3.63, 3.8) is 0 Å². The third-order valence-electron chi connectivity index (χ3n) is 9.30. The first-order chi connectivity index (χ1) is 22.1. The smallest absolute Gasteiger partial charge is 0.330 e. The number of hydrogen-bond acceptors (Lipinski definition) is 6. The van der Waals surface area contributed by atoms with Gasteiger partial charge in [0.2, 0.25) is 11.8 Å². The van der Waals surface area contributed by atoms with Gasteiger partial charge in [0.15, 0.2) is 0 Å². The molecule has 3 aromatic rings. The predicted molar refractivity (Wildman–Crippen MR) is 175 cm³/mol. The largest absolute Gasteiger partial charge is 0.466 e. The van der Waals surface area contributed by atoms with Gasteiger partial charge in [-0.05, 0) is 86.5 Å². The lowest BCUT2D eigenvalue weighted by atomic mass is 9.63. The van der Waals surface area contributed by atoms with Crippen molar-refractivity contribution in [3.05, 3.63) is 76.9 Å². The summed E-state index contributed by atoms with van der Waals surface area (Å²) >= 11 is 0. The molecule has 4 N–H and O–H groups in total. The molecule has 2 saturated carbocycles. The van der Waals surface area contributed by atoms with Gasteiger partial charge in [-0.3, -0.25) is 19.2 Å². The number of para-hydroxylation sites is 1. The molecule has 5 rings (SSSR count). The molecule has 2 heterocycles. The number of methoxy groups -OCH3 is 1. The van der Waals surface area contributed by atoms with Crippen LogP contribution in [-0.4, -0.2) is 52.4 Å². The number of rotatable bonds is 11. The molecule has 6 atom stereocenters. The average Bonchev–Trinajstić information content (AvgIpc) is 3.47. The van der Waals surface area contributed by atoms with Crippen molar-refractivity contribution in [1.29, 1.82) is 0 Å². The summed E-state index contributed by atoms with van der Waals surface area (Å²) < 4.78 is 5.89. The van der Waals surface area contributed by atoms with Crippen molar-refractivity contribution in [2.24, 2.45) is 23.7 Å². The number of hydrogen-bond donors (Lipinski definition) is 4. The molecule has 3 amide bonds. The zero-order chi connectivity index (χ0) is 32.8. The monoisotopic (exact) mass is 629 g/mol. The molecule has 2 aliphatic carbocycles. The number of nitrogens with one attached hydrogen (secondary N) is 4. The standard InChI is InChI=1S/C35H43N5O6/c1-21-15-23-17-22(2)32(25(16-21)18-23)39-30(41)20-40-14-8-12-28(35(40)45)38-33(43)27(11-6-7-13-31(42)46-3)37-34(44)29-19-24-9-4-5-10-26(24)36-29/h4-5,7-10,12-14,19,21-23,25,27,32,36H,6,11,15-18,20H2,1-3H3,(H,37,44)(H,38,43)(H,39,41)/b13-7+. The molecular weight excluding hydrogens is 586 g/mol. The summed E-state index contributed by atoms with van der Waals surface area (Å²) in [5, 5.41) is 9.45. The number of carbonyl (C=O) groups excluding carboxylic acids is 4.